The van der Waals surface area contributed by atoms with Crippen LogP contribution >= 0.6 is 0 Å². The average Bonchev–Trinajstić information content (AvgIpc) is 2.37. The van der Waals surface area contributed by atoms with E-state index in [9.17, 15) is 4.79 Å². The summed E-state index contributed by atoms with van der Waals surface area (Å²) >= 11 is 0. The first-order valence-corrected chi connectivity index (χ1v) is 6.36. The van der Waals surface area contributed by atoms with Gasteiger partial charge in [0, 0.05) is 11.8 Å². The van der Waals surface area contributed by atoms with Crippen LogP contribution in [0.1, 0.15) is 11.5 Å². The summed E-state index contributed by atoms with van der Waals surface area (Å²) in [6.45, 7) is 2.61. The fraction of sp³-hybridized carbons (Fsp3) is 0.214. The Balaban J connectivity index is 1.92. The topological polar surface area (TPSA) is 84.1 Å². The van der Waals surface area contributed by atoms with Crippen LogP contribution in [0, 0.1) is 6.92 Å². The molecule has 0 spiro atoms. The van der Waals surface area contributed by atoms with Crippen LogP contribution < -0.4 is 16.0 Å². The van der Waals surface area contributed by atoms with Gasteiger partial charge in [-0.05, 0) is 19.1 Å². The fourth-order valence-corrected chi connectivity index (χ4v) is 2.34. The standard InChI is InChI=1S/C14H15N5O/c1-9-6-12(15)18-13(16-9)7-19-8-14(20)17-10-4-2-3-5-11(10)19/h2-6H,7-8H2,1H3,(H,17,20)(H2,15,16,18). The summed E-state index contributed by atoms with van der Waals surface area (Å²) < 4.78 is 0. The molecule has 0 atom stereocenters. The first-order valence-electron chi connectivity index (χ1n) is 6.36. The maximum Gasteiger partial charge on any atom is 0.243 e. The van der Waals surface area contributed by atoms with Crippen LogP contribution in [0.3, 0.4) is 0 Å². The SMILES string of the molecule is Cc1cc(N)nc(CN2CC(=O)Nc3ccccc32)n1. The highest BCUT2D eigenvalue weighted by atomic mass is 16.2. The molecule has 1 aromatic heterocycles. The quantitative estimate of drug-likeness (QED) is 0.859. The van der Waals surface area contributed by atoms with Gasteiger partial charge < -0.3 is 16.0 Å². The van der Waals surface area contributed by atoms with E-state index in [4.69, 9.17) is 5.73 Å². The molecule has 0 saturated heterocycles. The van der Waals surface area contributed by atoms with E-state index in [0.29, 0.717) is 18.2 Å². The number of anilines is 3. The highest BCUT2D eigenvalue weighted by Gasteiger charge is 2.22. The van der Waals surface area contributed by atoms with E-state index < -0.39 is 0 Å². The minimum Gasteiger partial charge on any atom is -0.384 e. The molecule has 6 nitrogen and oxygen atoms in total. The molecule has 0 aliphatic carbocycles. The minimum absolute atomic E-state index is 0.0377. The molecule has 1 aliphatic heterocycles. The summed E-state index contributed by atoms with van der Waals surface area (Å²) in [5.74, 6) is 1.03. The Morgan fingerprint density at radius 2 is 2.15 bits per heavy atom. The van der Waals surface area contributed by atoms with Crippen molar-refractivity contribution in [3.05, 3.63) is 41.9 Å². The summed E-state index contributed by atoms with van der Waals surface area (Å²) in [4.78, 5) is 22.3. The molecule has 0 unspecified atom stereocenters. The maximum atomic E-state index is 11.7. The van der Waals surface area contributed by atoms with E-state index >= 15 is 0 Å². The molecular weight excluding hydrogens is 254 g/mol. The van der Waals surface area contributed by atoms with E-state index in [1.807, 2.05) is 36.1 Å². The molecule has 2 heterocycles. The van der Waals surface area contributed by atoms with Crippen molar-refractivity contribution in [3.8, 4) is 0 Å². The van der Waals surface area contributed by atoms with E-state index in [1.54, 1.807) is 6.07 Å². The van der Waals surface area contributed by atoms with E-state index in [1.165, 1.54) is 0 Å². The number of nitrogens with zero attached hydrogens (tertiary/aromatic N) is 3. The van der Waals surface area contributed by atoms with Crippen LogP contribution in [-0.4, -0.2) is 22.4 Å². The Bertz CT molecular complexity index is 650. The molecule has 6 heteroatoms. The zero-order valence-corrected chi connectivity index (χ0v) is 11.1. The molecule has 1 amide bonds. The summed E-state index contributed by atoms with van der Waals surface area (Å²) in [7, 11) is 0. The lowest BCUT2D eigenvalue weighted by molar-refractivity contribution is -0.115. The number of amides is 1. The number of fused-ring (bicyclic) bond motifs is 1. The monoisotopic (exact) mass is 269 g/mol. The predicted octanol–water partition coefficient (Wildman–Crippen LogP) is 1.33. The molecule has 3 rings (SSSR count). The summed E-state index contributed by atoms with van der Waals surface area (Å²) in [5.41, 5.74) is 8.34. The van der Waals surface area contributed by atoms with Gasteiger partial charge >= 0.3 is 0 Å². The second-order valence-electron chi connectivity index (χ2n) is 4.77. The molecule has 3 N–H and O–H groups in total. The number of aryl methyl sites for hydroxylation is 1. The van der Waals surface area contributed by atoms with Crippen molar-refractivity contribution < 1.29 is 4.79 Å². The minimum atomic E-state index is -0.0377. The van der Waals surface area contributed by atoms with Crippen LogP contribution in [-0.2, 0) is 11.3 Å². The molecule has 0 saturated carbocycles. The van der Waals surface area contributed by atoms with E-state index in [-0.39, 0.29) is 12.5 Å². The van der Waals surface area contributed by atoms with Crippen molar-refractivity contribution in [2.75, 3.05) is 22.5 Å². The number of para-hydroxylation sites is 2. The highest BCUT2D eigenvalue weighted by molar-refractivity contribution is 6.01. The van der Waals surface area contributed by atoms with Crippen molar-refractivity contribution in [2.45, 2.75) is 13.5 Å². The third-order valence-electron chi connectivity index (χ3n) is 3.11. The zero-order chi connectivity index (χ0) is 14.1. The Labute approximate surface area is 116 Å². The Kier molecular flexibility index (Phi) is 2.98. The number of nitrogens with two attached hydrogens (primary N) is 1. The second-order valence-corrected chi connectivity index (χ2v) is 4.77. The smallest absolute Gasteiger partial charge is 0.243 e. The third kappa shape index (κ3) is 2.40. The van der Waals surface area contributed by atoms with Gasteiger partial charge in [-0.15, -0.1) is 0 Å². The number of hydrogen-bond acceptors (Lipinski definition) is 5. The predicted molar refractivity (Wildman–Crippen MR) is 77.3 cm³/mol. The first-order chi connectivity index (χ1) is 9.61. The van der Waals surface area contributed by atoms with Gasteiger partial charge in [-0.3, -0.25) is 4.79 Å². The number of aromatic nitrogens is 2. The molecule has 20 heavy (non-hydrogen) atoms. The maximum absolute atomic E-state index is 11.7. The van der Waals surface area contributed by atoms with Crippen molar-refractivity contribution >= 4 is 23.1 Å². The van der Waals surface area contributed by atoms with Gasteiger partial charge in [-0.25, -0.2) is 9.97 Å². The van der Waals surface area contributed by atoms with Crippen LogP contribution in [0.4, 0.5) is 17.2 Å². The van der Waals surface area contributed by atoms with E-state index in [0.717, 1.165) is 17.1 Å². The Morgan fingerprint density at radius 1 is 1.35 bits per heavy atom. The molecule has 0 bridgehead atoms. The zero-order valence-electron chi connectivity index (χ0n) is 11.1. The summed E-state index contributed by atoms with van der Waals surface area (Å²) in [6.07, 6.45) is 0. The molecule has 1 aliphatic rings. The lowest BCUT2D eigenvalue weighted by Gasteiger charge is -2.30. The van der Waals surface area contributed by atoms with E-state index in [2.05, 4.69) is 15.3 Å². The van der Waals surface area contributed by atoms with Gasteiger partial charge in [-0.2, -0.15) is 0 Å². The Hall–Kier alpha value is -2.63. The number of nitrogens with one attached hydrogen (secondary N) is 1. The van der Waals surface area contributed by atoms with Gasteiger partial charge in [0.05, 0.1) is 24.5 Å². The molecule has 102 valence electrons. The number of nitrogen functional groups attached to an aromatic ring is 1. The van der Waals surface area contributed by atoms with Crippen LogP contribution in [0.5, 0.6) is 0 Å². The van der Waals surface area contributed by atoms with Crippen molar-refractivity contribution in [1.82, 2.24) is 9.97 Å². The number of carbonyl (C=O) groups is 1. The summed E-state index contributed by atoms with van der Waals surface area (Å²) in [5, 5.41) is 2.85. The molecule has 0 fully saturated rings. The van der Waals surface area contributed by atoms with Crippen LogP contribution in [0.2, 0.25) is 0 Å². The number of rotatable bonds is 2. The normalized spacial score (nSPS) is 13.8. The fourth-order valence-electron chi connectivity index (χ4n) is 2.34. The van der Waals surface area contributed by atoms with Gasteiger partial charge in [0.15, 0.2) is 0 Å². The molecular formula is C14H15N5O. The molecule has 1 aromatic carbocycles. The lowest BCUT2D eigenvalue weighted by Crippen LogP contribution is -2.38. The highest BCUT2D eigenvalue weighted by Crippen LogP contribution is 2.29. The van der Waals surface area contributed by atoms with Gasteiger partial charge in [0.25, 0.3) is 0 Å². The number of hydrogen-bond donors (Lipinski definition) is 2. The van der Waals surface area contributed by atoms with Crippen LogP contribution in [0.25, 0.3) is 0 Å². The average molecular weight is 269 g/mol. The van der Waals surface area contributed by atoms with Gasteiger partial charge in [-0.1, -0.05) is 12.1 Å². The lowest BCUT2D eigenvalue weighted by atomic mass is 10.2. The summed E-state index contributed by atoms with van der Waals surface area (Å²) in [6, 6.07) is 9.40. The largest absolute Gasteiger partial charge is 0.384 e. The molecule has 2 aromatic rings. The van der Waals surface area contributed by atoms with Crippen molar-refractivity contribution in [3.63, 3.8) is 0 Å². The molecule has 0 radical (unpaired) electrons. The second kappa shape index (κ2) is 4.80. The first kappa shape index (κ1) is 12.4. The van der Waals surface area contributed by atoms with Gasteiger partial charge in [0.2, 0.25) is 5.91 Å². The van der Waals surface area contributed by atoms with Crippen molar-refractivity contribution in [1.29, 1.82) is 0 Å². The number of carbonyl (C=O) groups excluding carboxylic acids is 1. The Morgan fingerprint density at radius 3 is 2.95 bits per heavy atom. The third-order valence-corrected chi connectivity index (χ3v) is 3.11. The number of benzene rings is 1. The van der Waals surface area contributed by atoms with Crippen molar-refractivity contribution in [2.24, 2.45) is 0 Å². The van der Waals surface area contributed by atoms with Crippen LogP contribution in [0.15, 0.2) is 30.3 Å². The van der Waals surface area contributed by atoms with Gasteiger partial charge in [0.1, 0.15) is 11.6 Å².